The maximum Gasteiger partial charge on any atom is 0.321 e. The van der Waals surface area contributed by atoms with Crippen LogP contribution in [-0.4, -0.2) is 15.9 Å². The molecule has 2 N–H and O–H groups in total. The number of carbonyl (C=O) groups is 1. The minimum Gasteiger partial charge on any atom is -0.423 e. The highest BCUT2D eigenvalue weighted by Crippen LogP contribution is 2.21. The van der Waals surface area contributed by atoms with Crippen LogP contribution < -0.4 is 10.5 Å². The molecule has 5 heteroatoms. The van der Waals surface area contributed by atoms with E-state index < -0.39 is 5.91 Å². The van der Waals surface area contributed by atoms with Gasteiger partial charge in [0.15, 0.2) is 0 Å². The molecule has 1 aromatic heterocycles. The van der Waals surface area contributed by atoms with E-state index in [0.29, 0.717) is 11.3 Å². The molecule has 1 amide bonds. The average molecular weight is 215 g/mol. The molecule has 0 aliphatic rings. The fourth-order valence-electron chi connectivity index (χ4n) is 1.20. The second kappa shape index (κ2) is 4.39. The number of para-hydroxylation sites is 1. The summed E-state index contributed by atoms with van der Waals surface area (Å²) in [7, 11) is 0. The van der Waals surface area contributed by atoms with Crippen molar-refractivity contribution in [2.45, 2.75) is 0 Å². The Morgan fingerprint density at radius 3 is 2.50 bits per heavy atom. The van der Waals surface area contributed by atoms with Crippen LogP contribution in [0.5, 0.6) is 11.8 Å². The van der Waals surface area contributed by atoms with Gasteiger partial charge in [-0.2, -0.15) is 0 Å². The number of primary amides is 1. The highest BCUT2D eigenvalue weighted by Gasteiger charge is 2.09. The third kappa shape index (κ3) is 2.14. The van der Waals surface area contributed by atoms with Crippen molar-refractivity contribution in [1.82, 2.24) is 9.97 Å². The van der Waals surface area contributed by atoms with Crippen LogP contribution in [-0.2, 0) is 0 Å². The molecule has 0 spiro atoms. The van der Waals surface area contributed by atoms with Crippen molar-refractivity contribution in [3.63, 3.8) is 0 Å². The number of amides is 1. The van der Waals surface area contributed by atoms with Crippen LogP contribution in [0.2, 0.25) is 0 Å². The summed E-state index contributed by atoms with van der Waals surface area (Å²) >= 11 is 0. The van der Waals surface area contributed by atoms with Crippen LogP contribution in [0.3, 0.4) is 0 Å². The van der Waals surface area contributed by atoms with Crippen LogP contribution >= 0.6 is 0 Å². The van der Waals surface area contributed by atoms with Gasteiger partial charge >= 0.3 is 6.01 Å². The van der Waals surface area contributed by atoms with E-state index in [0.717, 1.165) is 0 Å². The van der Waals surface area contributed by atoms with Crippen LogP contribution in [0, 0.1) is 0 Å². The van der Waals surface area contributed by atoms with Gasteiger partial charge in [0.05, 0.1) is 5.56 Å². The smallest absolute Gasteiger partial charge is 0.321 e. The molecule has 16 heavy (non-hydrogen) atoms. The van der Waals surface area contributed by atoms with Crippen molar-refractivity contribution < 1.29 is 9.53 Å². The molecule has 0 unspecified atom stereocenters. The summed E-state index contributed by atoms with van der Waals surface area (Å²) in [5, 5.41) is 0. The van der Waals surface area contributed by atoms with Gasteiger partial charge in [0.2, 0.25) is 0 Å². The fourth-order valence-corrected chi connectivity index (χ4v) is 1.20. The lowest BCUT2D eigenvalue weighted by molar-refractivity contribution is 0.0998. The Balaban J connectivity index is 2.31. The number of carbonyl (C=O) groups excluding carboxylic acids is 1. The lowest BCUT2D eigenvalue weighted by atomic mass is 10.2. The number of rotatable bonds is 3. The molecule has 80 valence electrons. The third-order valence-electron chi connectivity index (χ3n) is 1.90. The number of hydrogen-bond acceptors (Lipinski definition) is 4. The van der Waals surface area contributed by atoms with E-state index >= 15 is 0 Å². The predicted octanol–water partition coefficient (Wildman–Crippen LogP) is 1.37. The van der Waals surface area contributed by atoms with Crippen molar-refractivity contribution in [3.05, 3.63) is 48.3 Å². The van der Waals surface area contributed by atoms with E-state index in [4.69, 9.17) is 10.5 Å². The van der Waals surface area contributed by atoms with Crippen LogP contribution in [0.1, 0.15) is 10.4 Å². The summed E-state index contributed by atoms with van der Waals surface area (Å²) < 4.78 is 5.35. The van der Waals surface area contributed by atoms with Crippen LogP contribution in [0.4, 0.5) is 0 Å². The maximum atomic E-state index is 11.1. The largest absolute Gasteiger partial charge is 0.423 e. The van der Waals surface area contributed by atoms with Gasteiger partial charge in [-0.1, -0.05) is 12.1 Å². The average Bonchev–Trinajstić information content (AvgIpc) is 2.31. The van der Waals surface area contributed by atoms with Crippen molar-refractivity contribution in [2.24, 2.45) is 5.73 Å². The molecule has 0 saturated carbocycles. The van der Waals surface area contributed by atoms with Gasteiger partial charge in [-0.15, -0.1) is 0 Å². The van der Waals surface area contributed by atoms with E-state index in [9.17, 15) is 4.79 Å². The van der Waals surface area contributed by atoms with E-state index in [1.165, 1.54) is 0 Å². The van der Waals surface area contributed by atoms with Crippen LogP contribution in [0.25, 0.3) is 0 Å². The van der Waals surface area contributed by atoms with Gasteiger partial charge in [0.25, 0.3) is 5.91 Å². The van der Waals surface area contributed by atoms with Gasteiger partial charge in [0, 0.05) is 12.4 Å². The van der Waals surface area contributed by atoms with Gasteiger partial charge < -0.3 is 10.5 Å². The third-order valence-corrected chi connectivity index (χ3v) is 1.90. The first-order chi connectivity index (χ1) is 7.77. The summed E-state index contributed by atoms with van der Waals surface area (Å²) in [5.74, 6) is -0.201. The molecule has 2 rings (SSSR count). The standard InChI is InChI=1S/C11H9N3O2/c12-10(15)8-4-1-2-5-9(8)16-11-13-6-3-7-14-11/h1-7H,(H2,12,15). The zero-order valence-corrected chi connectivity index (χ0v) is 8.33. The summed E-state index contributed by atoms with van der Waals surface area (Å²) in [6.45, 7) is 0. The molecule has 0 radical (unpaired) electrons. The minimum atomic E-state index is -0.550. The molecule has 0 aliphatic carbocycles. The minimum absolute atomic E-state index is 0.177. The highest BCUT2D eigenvalue weighted by molar-refractivity contribution is 5.95. The second-order valence-electron chi connectivity index (χ2n) is 2.99. The van der Waals surface area contributed by atoms with E-state index in [1.807, 2.05) is 0 Å². The van der Waals surface area contributed by atoms with E-state index in [1.54, 1.807) is 42.7 Å². The van der Waals surface area contributed by atoms with Gasteiger partial charge in [-0.05, 0) is 18.2 Å². The monoisotopic (exact) mass is 215 g/mol. The predicted molar refractivity (Wildman–Crippen MR) is 57.1 cm³/mol. The van der Waals surface area contributed by atoms with Gasteiger partial charge in [0.1, 0.15) is 5.75 Å². The molecule has 5 nitrogen and oxygen atoms in total. The molecule has 2 aromatic rings. The van der Waals surface area contributed by atoms with Crippen molar-refractivity contribution >= 4 is 5.91 Å². The van der Waals surface area contributed by atoms with E-state index in [-0.39, 0.29) is 6.01 Å². The molecular formula is C11H9N3O2. The highest BCUT2D eigenvalue weighted by atomic mass is 16.5. The number of nitrogens with two attached hydrogens (primary N) is 1. The second-order valence-corrected chi connectivity index (χ2v) is 2.99. The first-order valence-electron chi connectivity index (χ1n) is 4.61. The lowest BCUT2D eigenvalue weighted by Crippen LogP contribution is -2.12. The molecular weight excluding hydrogens is 206 g/mol. The zero-order valence-electron chi connectivity index (χ0n) is 8.33. The van der Waals surface area contributed by atoms with Crippen molar-refractivity contribution in [1.29, 1.82) is 0 Å². The Hall–Kier alpha value is -2.43. The summed E-state index contributed by atoms with van der Waals surface area (Å²) in [5.41, 5.74) is 5.51. The molecule has 0 atom stereocenters. The Morgan fingerprint density at radius 2 is 1.81 bits per heavy atom. The molecule has 0 aliphatic heterocycles. The summed E-state index contributed by atoms with van der Waals surface area (Å²) in [6.07, 6.45) is 3.10. The molecule has 0 bridgehead atoms. The van der Waals surface area contributed by atoms with Crippen molar-refractivity contribution in [3.8, 4) is 11.8 Å². The van der Waals surface area contributed by atoms with Gasteiger partial charge in [-0.3, -0.25) is 4.79 Å². The number of benzene rings is 1. The number of hydrogen-bond donors (Lipinski definition) is 1. The first kappa shape index (κ1) is 10.1. The molecule has 1 aromatic carbocycles. The summed E-state index contributed by atoms with van der Waals surface area (Å²) in [6, 6.07) is 8.52. The Labute approximate surface area is 91.9 Å². The van der Waals surface area contributed by atoms with Crippen LogP contribution in [0.15, 0.2) is 42.7 Å². The normalized spacial score (nSPS) is 9.75. The van der Waals surface area contributed by atoms with E-state index in [2.05, 4.69) is 9.97 Å². The number of nitrogens with zero attached hydrogens (tertiary/aromatic N) is 2. The molecule has 0 fully saturated rings. The number of ether oxygens (including phenoxy) is 1. The Kier molecular flexibility index (Phi) is 2.77. The van der Waals surface area contributed by atoms with Crippen molar-refractivity contribution in [2.75, 3.05) is 0 Å². The fraction of sp³-hybridized carbons (Fsp3) is 0. The molecule has 0 saturated heterocycles. The number of aromatic nitrogens is 2. The lowest BCUT2D eigenvalue weighted by Gasteiger charge is -2.06. The Morgan fingerprint density at radius 1 is 1.12 bits per heavy atom. The quantitative estimate of drug-likeness (QED) is 0.838. The first-order valence-corrected chi connectivity index (χ1v) is 4.61. The van der Waals surface area contributed by atoms with Gasteiger partial charge in [-0.25, -0.2) is 9.97 Å². The Bertz CT molecular complexity index is 500. The topological polar surface area (TPSA) is 78.1 Å². The molecule has 1 heterocycles. The summed E-state index contributed by atoms with van der Waals surface area (Å²) in [4.78, 5) is 18.9. The SMILES string of the molecule is NC(=O)c1ccccc1Oc1ncccn1. The maximum absolute atomic E-state index is 11.1. The zero-order chi connectivity index (χ0) is 11.4.